The molecule has 1 aromatic rings. The predicted octanol–water partition coefficient (Wildman–Crippen LogP) is 2.17. The van der Waals surface area contributed by atoms with Crippen LogP contribution in [0.1, 0.15) is 70.6 Å². The van der Waals surface area contributed by atoms with Gasteiger partial charge < -0.3 is 20.1 Å². The molecule has 8 heteroatoms. The van der Waals surface area contributed by atoms with Gasteiger partial charge in [0.15, 0.2) is 5.82 Å². The quantitative estimate of drug-likeness (QED) is 0.747. The van der Waals surface area contributed by atoms with Crippen molar-refractivity contribution < 1.29 is 14.1 Å². The first-order valence-corrected chi connectivity index (χ1v) is 9.25. The van der Waals surface area contributed by atoms with Crippen LogP contribution in [0.2, 0.25) is 0 Å². The van der Waals surface area contributed by atoms with Gasteiger partial charge in [0.2, 0.25) is 11.8 Å². The van der Waals surface area contributed by atoms with Crippen molar-refractivity contribution in [2.45, 2.75) is 71.4 Å². The molecule has 1 unspecified atom stereocenters. The van der Waals surface area contributed by atoms with E-state index in [1.165, 1.54) is 0 Å². The van der Waals surface area contributed by atoms with Crippen molar-refractivity contribution in [3.8, 4) is 0 Å². The lowest BCUT2D eigenvalue weighted by atomic mass is 10.1. The Morgan fingerprint density at radius 1 is 1.32 bits per heavy atom. The highest BCUT2D eigenvalue weighted by atomic mass is 16.5. The van der Waals surface area contributed by atoms with Crippen molar-refractivity contribution in [3.05, 3.63) is 11.7 Å². The van der Waals surface area contributed by atoms with Crippen LogP contribution in [0.25, 0.3) is 0 Å². The zero-order valence-electron chi connectivity index (χ0n) is 15.4. The molecule has 1 aromatic heterocycles. The van der Waals surface area contributed by atoms with Gasteiger partial charge in [-0.1, -0.05) is 19.0 Å². The van der Waals surface area contributed by atoms with Crippen LogP contribution < -0.4 is 10.6 Å². The van der Waals surface area contributed by atoms with E-state index in [1.54, 1.807) is 4.90 Å². The molecule has 2 heterocycles. The molecule has 0 aromatic carbocycles. The zero-order valence-corrected chi connectivity index (χ0v) is 15.4. The molecule has 0 radical (unpaired) electrons. The van der Waals surface area contributed by atoms with E-state index < -0.39 is 0 Å². The van der Waals surface area contributed by atoms with Gasteiger partial charge in [-0.05, 0) is 32.6 Å². The molecule has 1 atom stereocenters. The summed E-state index contributed by atoms with van der Waals surface area (Å²) in [4.78, 5) is 30.2. The number of hydrogen-bond donors (Lipinski definition) is 2. The van der Waals surface area contributed by atoms with Gasteiger partial charge in [-0.2, -0.15) is 4.98 Å². The van der Waals surface area contributed by atoms with E-state index in [0.717, 1.165) is 25.7 Å². The standard InChI is InChI=1S/C17H29N5O3/c1-4-12(5-2)19-14(23)9-10-15-20-16(21-25-15)13-8-7-11-22(13)17(24)18-6-3/h12-13H,4-11H2,1-3H3,(H,18,24)(H,19,23). The summed E-state index contributed by atoms with van der Waals surface area (Å²) in [6.07, 6.45) is 4.32. The third kappa shape index (κ3) is 5.17. The molecule has 25 heavy (non-hydrogen) atoms. The molecule has 0 saturated carbocycles. The lowest BCUT2D eigenvalue weighted by Gasteiger charge is -2.22. The molecular weight excluding hydrogens is 322 g/mol. The van der Waals surface area contributed by atoms with Gasteiger partial charge in [0, 0.05) is 32.0 Å². The maximum atomic E-state index is 12.1. The van der Waals surface area contributed by atoms with Gasteiger partial charge in [0.1, 0.15) is 0 Å². The first-order valence-electron chi connectivity index (χ1n) is 9.25. The monoisotopic (exact) mass is 351 g/mol. The number of rotatable bonds is 8. The molecule has 3 amide bonds. The number of aryl methyl sites for hydroxylation is 1. The van der Waals surface area contributed by atoms with Crippen LogP contribution in [0.4, 0.5) is 4.79 Å². The number of hydrogen-bond acceptors (Lipinski definition) is 5. The van der Waals surface area contributed by atoms with Gasteiger partial charge in [-0.25, -0.2) is 4.79 Å². The van der Waals surface area contributed by atoms with Crippen LogP contribution in [0.3, 0.4) is 0 Å². The van der Waals surface area contributed by atoms with Crippen molar-refractivity contribution in [1.29, 1.82) is 0 Å². The second-order valence-corrected chi connectivity index (χ2v) is 6.31. The van der Waals surface area contributed by atoms with Crippen LogP contribution in [-0.4, -0.2) is 46.1 Å². The molecule has 1 saturated heterocycles. The summed E-state index contributed by atoms with van der Waals surface area (Å²) >= 11 is 0. The molecule has 8 nitrogen and oxygen atoms in total. The van der Waals surface area contributed by atoms with E-state index in [4.69, 9.17) is 4.52 Å². The lowest BCUT2D eigenvalue weighted by Crippen LogP contribution is -2.39. The van der Waals surface area contributed by atoms with Crippen LogP contribution in [-0.2, 0) is 11.2 Å². The number of carbonyl (C=O) groups excluding carboxylic acids is 2. The fourth-order valence-electron chi connectivity index (χ4n) is 3.05. The second-order valence-electron chi connectivity index (χ2n) is 6.31. The Balaban J connectivity index is 1.89. The van der Waals surface area contributed by atoms with E-state index in [-0.39, 0.29) is 24.0 Å². The summed E-state index contributed by atoms with van der Waals surface area (Å²) in [6.45, 7) is 7.28. The number of urea groups is 1. The SMILES string of the molecule is CCNC(=O)N1CCCC1c1noc(CCC(=O)NC(CC)CC)n1. The molecular formula is C17H29N5O3. The Labute approximate surface area is 148 Å². The third-order valence-electron chi connectivity index (χ3n) is 4.54. The van der Waals surface area contributed by atoms with Crippen molar-refractivity contribution in [2.24, 2.45) is 0 Å². The molecule has 1 aliphatic heterocycles. The van der Waals surface area contributed by atoms with Crippen molar-refractivity contribution in [2.75, 3.05) is 13.1 Å². The molecule has 1 aliphatic rings. The molecule has 0 spiro atoms. The number of nitrogens with zero attached hydrogens (tertiary/aromatic N) is 3. The Bertz CT molecular complexity index is 570. The fourth-order valence-corrected chi connectivity index (χ4v) is 3.05. The normalized spacial score (nSPS) is 17.1. The smallest absolute Gasteiger partial charge is 0.318 e. The van der Waals surface area contributed by atoms with E-state index in [0.29, 0.717) is 37.6 Å². The predicted molar refractivity (Wildman–Crippen MR) is 92.9 cm³/mol. The summed E-state index contributed by atoms with van der Waals surface area (Å²) in [5.41, 5.74) is 0. The van der Waals surface area contributed by atoms with E-state index in [2.05, 4.69) is 34.6 Å². The minimum Gasteiger partial charge on any atom is -0.353 e. The van der Waals surface area contributed by atoms with E-state index in [1.807, 2.05) is 6.92 Å². The Hall–Kier alpha value is -2.12. The van der Waals surface area contributed by atoms with Gasteiger partial charge in [0.05, 0.1) is 6.04 Å². The van der Waals surface area contributed by atoms with Gasteiger partial charge >= 0.3 is 6.03 Å². The third-order valence-corrected chi connectivity index (χ3v) is 4.54. The highest BCUT2D eigenvalue weighted by molar-refractivity contribution is 5.76. The zero-order chi connectivity index (χ0) is 18.2. The maximum Gasteiger partial charge on any atom is 0.318 e. The highest BCUT2D eigenvalue weighted by Gasteiger charge is 2.33. The second kappa shape index (κ2) is 9.39. The summed E-state index contributed by atoms with van der Waals surface area (Å²) in [7, 11) is 0. The number of likely N-dealkylation sites (tertiary alicyclic amines) is 1. The average molecular weight is 351 g/mol. The van der Waals surface area contributed by atoms with Crippen molar-refractivity contribution in [1.82, 2.24) is 25.7 Å². The number of aromatic nitrogens is 2. The molecule has 1 fully saturated rings. The van der Waals surface area contributed by atoms with Crippen molar-refractivity contribution in [3.63, 3.8) is 0 Å². The highest BCUT2D eigenvalue weighted by Crippen LogP contribution is 2.30. The number of amides is 3. The Morgan fingerprint density at radius 3 is 2.76 bits per heavy atom. The van der Waals surface area contributed by atoms with Crippen LogP contribution in [0, 0.1) is 0 Å². The summed E-state index contributed by atoms with van der Waals surface area (Å²) in [5, 5.41) is 9.83. The summed E-state index contributed by atoms with van der Waals surface area (Å²) in [5.74, 6) is 0.967. The first-order chi connectivity index (χ1) is 12.1. The molecule has 0 bridgehead atoms. The molecule has 2 rings (SSSR count). The van der Waals surface area contributed by atoms with E-state index >= 15 is 0 Å². The molecule has 140 valence electrons. The number of carbonyl (C=O) groups is 2. The largest absolute Gasteiger partial charge is 0.353 e. The summed E-state index contributed by atoms with van der Waals surface area (Å²) in [6, 6.07) is -0.0294. The van der Waals surface area contributed by atoms with E-state index in [9.17, 15) is 9.59 Å². The van der Waals surface area contributed by atoms with Crippen LogP contribution >= 0.6 is 0 Å². The van der Waals surface area contributed by atoms with Crippen LogP contribution in [0.15, 0.2) is 4.52 Å². The topological polar surface area (TPSA) is 100 Å². The average Bonchev–Trinajstić information content (AvgIpc) is 3.26. The molecule has 2 N–H and O–H groups in total. The lowest BCUT2D eigenvalue weighted by molar-refractivity contribution is -0.121. The van der Waals surface area contributed by atoms with Gasteiger partial charge in [-0.3, -0.25) is 4.79 Å². The first kappa shape index (κ1) is 19.2. The fraction of sp³-hybridized carbons (Fsp3) is 0.765. The minimum absolute atomic E-state index is 0.00161. The Kier molecular flexibility index (Phi) is 7.21. The van der Waals surface area contributed by atoms with Crippen molar-refractivity contribution >= 4 is 11.9 Å². The minimum atomic E-state index is -0.151. The van der Waals surface area contributed by atoms with Crippen LogP contribution in [0.5, 0.6) is 0 Å². The maximum absolute atomic E-state index is 12.1. The number of nitrogens with one attached hydrogen (secondary N) is 2. The molecule has 0 aliphatic carbocycles. The Morgan fingerprint density at radius 2 is 2.08 bits per heavy atom. The van der Waals surface area contributed by atoms with Gasteiger partial charge in [0.25, 0.3) is 0 Å². The summed E-state index contributed by atoms with van der Waals surface area (Å²) < 4.78 is 5.27. The van der Waals surface area contributed by atoms with Gasteiger partial charge in [-0.15, -0.1) is 0 Å².